The number of hydrogen-bond donors (Lipinski definition) is 4. The van der Waals surface area contributed by atoms with Crippen molar-refractivity contribution in [2.45, 2.75) is 6.36 Å². The highest BCUT2D eigenvalue weighted by Crippen LogP contribution is 2.32. The van der Waals surface area contributed by atoms with Gasteiger partial charge < -0.3 is 20.3 Å². The van der Waals surface area contributed by atoms with Crippen molar-refractivity contribution in [1.29, 1.82) is 0 Å². The van der Waals surface area contributed by atoms with Crippen molar-refractivity contribution in [2.75, 3.05) is 10.6 Å². The van der Waals surface area contributed by atoms with E-state index in [0.717, 1.165) is 29.5 Å². The van der Waals surface area contributed by atoms with Crippen LogP contribution in [0.3, 0.4) is 0 Å². The number of thiazole rings is 1. The van der Waals surface area contributed by atoms with Crippen LogP contribution in [0.5, 0.6) is 11.5 Å². The Morgan fingerprint density at radius 1 is 1.11 bits per heavy atom. The third-order valence-electron chi connectivity index (χ3n) is 3.31. The zero-order valence-electron chi connectivity index (χ0n) is 13.6. The van der Waals surface area contributed by atoms with Crippen LogP contribution in [0.15, 0.2) is 36.4 Å². The molecular formula is C16H10F3N3O5S. The summed E-state index contributed by atoms with van der Waals surface area (Å²) in [6.07, 6.45) is -4.82. The van der Waals surface area contributed by atoms with Gasteiger partial charge in [-0.3, -0.25) is 5.32 Å². The Morgan fingerprint density at radius 3 is 2.50 bits per heavy atom. The van der Waals surface area contributed by atoms with Gasteiger partial charge in [0.1, 0.15) is 11.5 Å². The van der Waals surface area contributed by atoms with Crippen molar-refractivity contribution in [1.82, 2.24) is 4.98 Å². The molecule has 2 amide bonds. The molecule has 0 aliphatic carbocycles. The number of benzene rings is 2. The Morgan fingerprint density at radius 2 is 1.86 bits per heavy atom. The lowest BCUT2D eigenvalue weighted by atomic mass is 10.2. The zero-order valence-corrected chi connectivity index (χ0v) is 14.4. The molecule has 28 heavy (non-hydrogen) atoms. The van der Waals surface area contributed by atoms with Crippen LogP contribution in [0.4, 0.5) is 28.8 Å². The number of urea groups is 1. The first-order valence-electron chi connectivity index (χ1n) is 7.41. The number of phenols is 1. The molecule has 3 aromatic rings. The quantitative estimate of drug-likeness (QED) is 0.475. The molecule has 146 valence electrons. The Balaban J connectivity index is 1.72. The largest absolute Gasteiger partial charge is 0.573 e. The Hall–Kier alpha value is -3.54. The maximum Gasteiger partial charge on any atom is 0.573 e. The van der Waals surface area contributed by atoms with E-state index < -0.39 is 29.9 Å². The molecule has 2 aromatic carbocycles. The molecule has 0 saturated heterocycles. The van der Waals surface area contributed by atoms with Gasteiger partial charge in [-0.2, -0.15) is 0 Å². The number of rotatable bonds is 4. The first-order chi connectivity index (χ1) is 13.1. The minimum Gasteiger partial charge on any atom is -0.506 e. The monoisotopic (exact) mass is 413 g/mol. The average Bonchev–Trinajstić information content (AvgIpc) is 2.96. The van der Waals surface area contributed by atoms with Crippen molar-refractivity contribution >= 4 is 44.4 Å². The van der Waals surface area contributed by atoms with Gasteiger partial charge in [-0.1, -0.05) is 11.3 Å². The number of amides is 2. The number of carboxylic acid groups (broad SMARTS) is 1. The molecule has 1 heterocycles. The lowest BCUT2D eigenvalue weighted by Crippen LogP contribution is -2.19. The molecule has 0 aliphatic heterocycles. The molecule has 4 N–H and O–H groups in total. The second kappa shape index (κ2) is 7.23. The van der Waals surface area contributed by atoms with E-state index >= 15 is 0 Å². The van der Waals surface area contributed by atoms with Crippen molar-refractivity contribution in [3.8, 4) is 11.5 Å². The number of aromatic nitrogens is 1. The summed E-state index contributed by atoms with van der Waals surface area (Å²) in [5, 5.41) is 23.4. The average molecular weight is 413 g/mol. The number of fused-ring (bicyclic) bond motifs is 1. The van der Waals surface area contributed by atoms with Crippen molar-refractivity contribution in [3.63, 3.8) is 0 Å². The van der Waals surface area contributed by atoms with Crippen LogP contribution in [0.25, 0.3) is 10.2 Å². The van der Waals surface area contributed by atoms with Crippen LogP contribution in [-0.4, -0.2) is 33.6 Å². The highest BCUT2D eigenvalue weighted by Gasteiger charge is 2.31. The Bertz CT molecular complexity index is 1070. The first kappa shape index (κ1) is 19.2. The number of alkyl halides is 3. The van der Waals surface area contributed by atoms with E-state index in [1.165, 1.54) is 18.2 Å². The second-order valence-electron chi connectivity index (χ2n) is 5.31. The van der Waals surface area contributed by atoms with E-state index in [2.05, 4.69) is 20.4 Å². The summed E-state index contributed by atoms with van der Waals surface area (Å²) in [6.45, 7) is 0. The number of carbonyl (C=O) groups is 2. The lowest BCUT2D eigenvalue weighted by molar-refractivity contribution is -0.274. The Kier molecular flexibility index (Phi) is 4.96. The normalized spacial score (nSPS) is 11.2. The molecule has 0 saturated carbocycles. The van der Waals surface area contributed by atoms with Crippen molar-refractivity contribution < 1.29 is 37.7 Å². The van der Waals surface area contributed by atoms with Gasteiger partial charge in [-0.25, -0.2) is 14.6 Å². The number of aromatic carboxylic acids is 1. The lowest BCUT2D eigenvalue weighted by Gasteiger charge is -2.08. The van der Waals surface area contributed by atoms with Gasteiger partial charge in [0.05, 0.1) is 21.5 Å². The standard InChI is InChI=1S/C16H10F3N3O5S/c17-16(18,19)27-8-2-4-10-12(6-8)28-15(21-10)22-14(26)20-9-3-1-7(13(24)25)5-11(9)23/h1-6,23H,(H,24,25)(H2,20,21,22,26). The highest BCUT2D eigenvalue weighted by atomic mass is 32.1. The fourth-order valence-electron chi connectivity index (χ4n) is 2.18. The van der Waals surface area contributed by atoms with Gasteiger partial charge in [0.25, 0.3) is 0 Å². The van der Waals surface area contributed by atoms with Gasteiger partial charge in [-0.05, 0) is 30.3 Å². The summed E-state index contributed by atoms with van der Waals surface area (Å²) in [5.74, 6) is -2.11. The maximum atomic E-state index is 12.3. The van der Waals surface area contributed by atoms with E-state index in [1.54, 1.807) is 0 Å². The molecule has 3 rings (SSSR count). The van der Waals surface area contributed by atoms with E-state index in [-0.39, 0.29) is 16.4 Å². The molecule has 12 heteroatoms. The van der Waals surface area contributed by atoms with Crippen LogP contribution in [0.2, 0.25) is 0 Å². The molecule has 0 atom stereocenters. The van der Waals surface area contributed by atoms with Crippen LogP contribution in [0.1, 0.15) is 10.4 Å². The number of phenolic OH excluding ortho intramolecular Hbond substituents is 1. The number of carboxylic acids is 1. The van der Waals surface area contributed by atoms with Gasteiger partial charge in [0, 0.05) is 6.07 Å². The SMILES string of the molecule is O=C(Nc1nc2ccc(OC(F)(F)F)cc2s1)Nc1ccc(C(=O)O)cc1O. The summed E-state index contributed by atoms with van der Waals surface area (Å²) in [6, 6.07) is 6.13. The number of ether oxygens (including phenoxy) is 1. The van der Waals surface area contributed by atoms with E-state index in [9.17, 15) is 27.9 Å². The third kappa shape index (κ3) is 4.59. The van der Waals surface area contributed by atoms with E-state index in [1.807, 2.05) is 0 Å². The summed E-state index contributed by atoms with van der Waals surface area (Å²) in [4.78, 5) is 26.9. The van der Waals surface area contributed by atoms with Gasteiger partial charge >= 0.3 is 18.4 Å². The van der Waals surface area contributed by atoms with Gasteiger partial charge in [0.2, 0.25) is 0 Å². The van der Waals surface area contributed by atoms with Crippen molar-refractivity contribution in [3.05, 3.63) is 42.0 Å². The van der Waals surface area contributed by atoms with Gasteiger partial charge in [0.15, 0.2) is 5.13 Å². The topological polar surface area (TPSA) is 121 Å². The fraction of sp³-hybridized carbons (Fsp3) is 0.0625. The number of aromatic hydroxyl groups is 1. The predicted octanol–water partition coefficient (Wildman–Crippen LogP) is 4.24. The van der Waals surface area contributed by atoms with Crippen LogP contribution >= 0.6 is 11.3 Å². The molecule has 0 fully saturated rings. The molecule has 0 spiro atoms. The summed E-state index contributed by atoms with van der Waals surface area (Å²) in [5.41, 5.74) is 0.152. The van der Waals surface area contributed by atoms with Crippen molar-refractivity contribution in [2.24, 2.45) is 0 Å². The number of hydrogen-bond acceptors (Lipinski definition) is 6. The summed E-state index contributed by atoms with van der Waals surface area (Å²) >= 11 is 0.916. The number of nitrogens with one attached hydrogen (secondary N) is 2. The first-order valence-corrected chi connectivity index (χ1v) is 8.23. The number of halogens is 3. The number of anilines is 2. The fourth-order valence-corrected chi connectivity index (χ4v) is 3.07. The molecule has 0 radical (unpaired) electrons. The summed E-state index contributed by atoms with van der Waals surface area (Å²) < 4.78 is 41.0. The molecule has 0 unspecified atom stereocenters. The maximum absolute atomic E-state index is 12.3. The highest BCUT2D eigenvalue weighted by molar-refractivity contribution is 7.22. The zero-order chi connectivity index (χ0) is 20.5. The van der Waals surface area contributed by atoms with Gasteiger partial charge in [-0.15, -0.1) is 13.2 Å². The molecule has 0 bridgehead atoms. The second-order valence-corrected chi connectivity index (χ2v) is 6.34. The smallest absolute Gasteiger partial charge is 0.506 e. The molecule has 1 aromatic heterocycles. The number of carbonyl (C=O) groups excluding carboxylic acids is 1. The van der Waals surface area contributed by atoms with Crippen LogP contribution in [0, 0.1) is 0 Å². The minimum atomic E-state index is -4.82. The molecule has 0 aliphatic rings. The molecule has 8 nitrogen and oxygen atoms in total. The van der Waals surface area contributed by atoms with E-state index in [0.29, 0.717) is 10.2 Å². The number of nitrogens with zero attached hydrogens (tertiary/aromatic N) is 1. The minimum absolute atomic E-state index is 0.0375. The molecular weight excluding hydrogens is 403 g/mol. The third-order valence-corrected chi connectivity index (χ3v) is 4.24. The van der Waals surface area contributed by atoms with Crippen LogP contribution < -0.4 is 15.4 Å². The van der Waals surface area contributed by atoms with E-state index in [4.69, 9.17) is 5.11 Å². The van der Waals surface area contributed by atoms with Crippen LogP contribution in [-0.2, 0) is 0 Å². The summed E-state index contributed by atoms with van der Waals surface area (Å²) in [7, 11) is 0. The Labute approximate surface area is 158 Å². The predicted molar refractivity (Wildman–Crippen MR) is 94.0 cm³/mol.